The lowest BCUT2D eigenvalue weighted by Gasteiger charge is -2.29. The van der Waals surface area contributed by atoms with Gasteiger partial charge in [-0.2, -0.15) is 0 Å². The molecule has 0 aromatic heterocycles. The van der Waals surface area contributed by atoms with Crippen molar-refractivity contribution in [2.24, 2.45) is 0 Å². The highest BCUT2D eigenvalue weighted by Gasteiger charge is 2.12. The van der Waals surface area contributed by atoms with Gasteiger partial charge in [0.2, 0.25) is 0 Å². The zero-order chi connectivity index (χ0) is 18.5. The molecule has 4 nitrogen and oxygen atoms in total. The van der Waals surface area contributed by atoms with Gasteiger partial charge in [-0.25, -0.2) is 4.39 Å². The van der Waals surface area contributed by atoms with Crippen LogP contribution in [-0.2, 0) is 4.74 Å². The first kappa shape index (κ1) is 18.9. The van der Waals surface area contributed by atoms with E-state index in [0.717, 1.165) is 31.9 Å². The van der Waals surface area contributed by atoms with Crippen LogP contribution in [0, 0.1) is 5.82 Å². The molecule has 0 bridgehead atoms. The second kappa shape index (κ2) is 8.66. The van der Waals surface area contributed by atoms with Crippen LogP contribution in [-0.4, -0.2) is 31.4 Å². The van der Waals surface area contributed by atoms with Crippen LogP contribution in [0.15, 0.2) is 42.5 Å². The van der Waals surface area contributed by atoms with Crippen molar-refractivity contribution in [2.75, 3.05) is 36.5 Å². The Hall–Kier alpha value is -1.89. The summed E-state index contributed by atoms with van der Waals surface area (Å²) in [6.45, 7) is 5.41. The number of morpholine rings is 1. The van der Waals surface area contributed by atoms with Crippen molar-refractivity contribution in [3.8, 4) is 0 Å². The van der Waals surface area contributed by atoms with E-state index in [0.29, 0.717) is 10.8 Å². The van der Waals surface area contributed by atoms with Crippen LogP contribution in [0.5, 0.6) is 0 Å². The maximum absolute atomic E-state index is 13.2. The molecule has 1 atom stereocenters. The quantitative estimate of drug-likeness (QED) is 0.754. The molecule has 7 heteroatoms. The highest BCUT2D eigenvalue weighted by molar-refractivity contribution is 7.80. The summed E-state index contributed by atoms with van der Waals surface area (Å²) in [7, 11) is 0. The Balaban J connectivity index is 1.57. The molecule has 1 heterocycles. The second-order valence-electron chi connectivity index (χ2n) is 6.14. The first-order chi connectivity index (χ1) is 12.5. The molecule has 0 saturated carbocycles. The minimum absolute atomic E-state index is 0.0321. The number of hydrogen-bond donors (Lipinski definition) is 2. The van der Waals surface area contributed by atoms with E-state index in [4.69, 9.17) is 28.6 Å². The van der Waals surface area contributed by atoms with E-state index in [1.54, 1.807) is 6.07 Å². The molecule has 2 aromatic carbocycles. The number of thiocarbonyl (C=S) groups is 1. The lowest BCUT2D eigenvalue weighted by Crippen LogP contribution is -2.36. The molecular weight excluding hydrogens is 373 g/mol. The molecule has 0 unspecified atom stereocenters. The molecule has 2 aromatic rings. The minimum Gasteiger partial charge on any atom is -0.378 e. The Morgan fingerprint density at radius 1 is 1.19 bits per heavy atom. The van der Waals surface area contributed by atoms with Gasteiger partial charge in [-0.1, -0.05) is 23.7 Å². The number of hydrogen-bond acceptors (Lipinski definition) is 3. The number of nitrogens with zero attached hydrogens (tertiary/aromatic N) is 1. The normalized spacial score (nSPS) is 15.4. The third kappa shape index (κ3) is 4.84. The molecule has 1 fully saturated rings. The number of ether oxygens (including phenoxy) is 1. The van der Waals surface area contributed by atoms with Gasteiger partial charge in [-0.3, -0.25) is 0 Å². The molecule has 0 aliphatic carbocycles. The molecule has 138 valence electrons. The molecule has 0 spiro atoms. The van der Waals surface area contributed by atoms with E-state index in [1.165, 1.54) is 17.8 Å². The Bertz CT molecular complexity index is 766. The van der Waals surface area contributed by atoms with Crippen LogP contribution in [0.3, 0.4) is 0 Å². The van der Waals surface area contributed by atoms with Gasteiger partial charge < -0.3 is 20.3 Å². The zero-order valence-electron chi connectivity index (χ0n) is 14.5. The third-order valence-corrected chi connectivity index (χ3v) is 4.80. The third-order valence-electron chi connectivity index (χ3n) is 4.29. The van der Waals surface area contributed by atoms with Crippen LogP contribution in [0.4, 0.5) is 15.8 Å². The summed E-state index contributed by atoms with van der Waals surface area (Å²) in [5, 5.41) is 6.76. The van der Waals surface area contributed by atoms with Crippen molar-refractivity contribution in [1.29, 1.82) is 0 Å². The zero-order valence-corrected chi connectivity index (χ0v) is 16.0. The molecule has 0 amide bonds. The average molecular weight is 394 g/mol. The van der Waals surface area contributed by atoms with Crippen molar-refractivity contribution < 1.29 is 9.13 Å². The Morgan fingerprint density at radius 2 is 1.88 bits per heavy atom. The van der Waals surface area contributed by atoms with Gasteiger partial charge >= 0.3 is 0 Å². The van der Waals surface area contributed by atoms with Crippen LogP contribution >= 0.6 is 23.8 Å². The van der Waals surface area contributed by atoms with E-state index in [-0.39, 0.29) is 11.1 Å². The predicted octanol–water partition coefficient (Wildman–Crippen LogP) is 4.36. The smallest absolute Gasteiger partial charge is 0.171 e. The molecule has 26 heavy (non-hydrogen) atoms. The maximum atomic E-state index is 13.2. The SMILES string of the molecule is C[C@H](NC(=S)Nc1ccc(F)c(Cl)c1)c1ccc(N2CCOCC2)cc1. The van der Waals surface area contributed by atoms with Gasteiger partial charge in [-0.15, -0.1) is 0 Å². The number of benzene rings is 2. The monoisotopic (exact) mass is 393 g/mol. The lowest BCUT2D eigenvalue weighted by molar-refractivity contribution is 0.122. The van der Waals surface area contributed by atoms with E-state index >= 15 is 0 Å². The Morgan fingerprint density at radius 3 is 2.54 bits per heavy atom. The minimum atomic E-state index is -0.454. The van der Waals surface area contributed by atoms with Crippen LogP contribution in [0.2, 0.25) is 5.02 Å². The molecule has 3 rings (SSSR count). The van der Waals surface area contributed by atoms with E-state index < -0.39 is 5.82 Å². The highest BCUT2D eigenvalue weighted by atomic mass is 35.5. The number of rotatable bonds is 4. The maximum Gasteiger partial charge on any atom is 0.171 e. The first-order valence-corrected chi connectivity index (χ1v) is 9.27. The highest BCUT2D eigenvalue weighted by Crippen LogP contribution is 2.21. The van der Waals surface area contributed by atoms with Crippen LogP contribution < -0.4 is 15.5 Å². The number of halogens is 2. The Labute approximate surface area is 163 Å². The average Bonchev–Trinajstić information content (AvgIpc) is 2.65. The second-order valence-corrected chi connectivity index (χ2v) is 6.96. The van der Waals surface area contributed by atoms with Gasteiger partial charge in [0.25, 0.3) is 0 Å². The first-order valence-electron chi connectivity index (χ1n) is 8.48. The van der Waals surface area contributed by atoms with Crippen molar-refractivity contribution in [3.05, 3.63) is 58.9 Å². The molecule has 1 saturated heterocycles. The molecule has 1 aliphatic rings. The van der Waals surface area contributed by atoms with E-state index in [9.17, 15) is 4.39 Å². The van der Waals surface area contributed by atoms with Gasteiger partial charge in [0.05, 0.1) is 24.3 Å². The fraction of sp³-hybridized carbons (Fsp3) is 0.316. The van der Waals surface area contributed by atoms with E-state index in [1.807, 2.05) is 6.92 Å². The van der Waals surface area contributed by atoms with Crippen LogP contribution in [0.25, 0.3) is 0 Å². The van der Waals surface area contributed by atoms with Crippen molar-refractivity contribution in [2.45, 2.75) is 13.0 Å². The topological polar surface area (TPSA) is 36.5 Å². The van der Waals surface area contributed by atoms with Crippen molar-refractivity contribution in [3.63, 3.8) is 0 Å². The van der Waals surface area contributed by atoms with Gasteiger partial charge in [0, 0.05) is 24.5 Å². The predicted molar refractivity (Wildman–Crippen MR) is 109 cm³/mol. The summed E-state index contributed by atoms with van der Waals surface area (Å²) in [5.41, 5.74) is 2.97. The Kier molecular flexibility index (Phi) is 6.29. The summed E-state index contributed by atoms with van der Waals surface area (Å²) in [4.78, 5) is 2.32. The van der Waals surface area contributed by atoms with Crippen molar-refractivity contribution in [1.82, 2.24) is 5.32 Å². The summed E-state index contributed by atoms with van der Waals surface area (Å²) in [5.74, 6) is -0.454. The molecule has 0 radical (unpaired) electrons. The van der Waals surface area contributed by atoms with Crippen LogP contribution in [0.1, 0.15) is 18.5 Å². The largest absolute Gasteiger partial charge is 0.378 e. The summed E-state index contributed by atoms with van der Waals surface area (Å²) >= 11 is 11.1. The fourth-order valence-electron chi connectivity index (χ4n) is 2.82. The summed E-state index contributed by atoms with van der Waals surface area (Å²) in [6, 6.07) is 12.9. The lowest BCUT2D eigenvalue weighted by atomic mass is 10.1. The van der Waals surface area contributed by atoms with Gasteiger partial charge in [0.15, 0.2) is 5.11 Å². The van der Waals surface area contributed by atoms with Crippen molar-refractivity contribution >= 4 is 40.3 Å². The summed E-state index contributed by atoms with van der Waals surface area (Å²) < 4.78 is 18.6. The number of anilines is 2. The van der Waals surface area contributed by atoms with E-state index in [2.05, 4.69) is 39.8 Å². The fourth-order valence-corrected chi connectivity index (χ4v) is 3.29. The summed E-state index contributed by atoms with van der Waals surface area (Å²) in [6.07, 6.45) is 0. The standard InChI is InChI=1S/C19H21ClFN3OS/c1-13(22-19(26)23-15-4-7-18(21)17(20)12-15)14-2-5-16(6-3-14)24-8-10-25-11-9-24/h2-7,12-13H,8-11H2,1H3,(H2,22,23,26)/t13-/m0/s1. The molecular formula is C19H21ClFN3OS. The number of nitrogens with one attached hydrogen (secondary N) is 2. The molecule has 1 aliphatic heterocycles. The van der Waals surface area contributed by atoms with Gasteiger partial charge in [0.1, 0.15) is 5.82 Å². The van der Waals surface area contributed by atoms with Gasteiger partial charge in [-0.05, 0) is 55.0 Å². The molecule has 2 N–H and O–H groups in total.